The number of anilines is 2. The van der Waals surface area contributed by atoms with Gasteiger partial charge in [-0.3, -0.25) is 4.79 Å². The summed E-state index contributed by atoms with van der Waals surface area (Å²) in [6, 6.07) is 15.7. The lowest BCUT2D eigenvalue weighted by Crippen LogP contribution is -2.09. The van der Waals surface area contributed by atoms with E-state index in [9.17, 15) is 9.18 Å². The lowest BCUT2D eigenvalue weighted by molar-refractivity contribution is 0.103. The molecule has 4 N–H and O–H groups in total. The number of ether oxygens (including phenoxy) is 1. The van der Waals surface area contributed by atoms with Crippen LogP contribution >= 0.6 is 0 Å². The van der Waals surface area contributed by atoms with Crippen molar-refractivity contribution >= 4 is 28.2 Å². The summed E-state index contributed by atoms with van der Waals surface area (Å²) in [6.45, 7) is 3.87. The van der Waals surface area contributed by atoms with Crippen molar-refractivity contribution in [2.24, 2.45) is 0 Å². The van der Waals surface area contributed by atoms with E-state index < -0.39 is 5.82 Å². The van der Waals surface area contributed by atoms with Gasteiger partial charge in [0.1, 0.15) is 11.6 Å². The summed E-state index contributed by atoms with van der Waals surface area (Å²) < 4.78 is 21.4. The van der Waals surface area contributed by atoms with E-state index in [1.807, 2.05) is 32.0 Å². The number of hydrogen-bond acceptors (Lipinski definition) is 5. The molecule has 2 aromatic heterocycles. The molecule has 7 nitrogen and oxygen atoms in total. The van der Waals surface area contributed by atoms with Crippen LogP contribution in [0.5, 0.6) is 11.5 Å². The Hall–Kier alpha value is -4.59. The smallest absolute Gasteiger partial charge is 0.214 e. The van der Waals surface area contributed by atoms with Crippen LogP contribution < -0.4 is 15.8 Å². The van der Waals surface area contributed by atoms with Crippen LogP contribution in [-0.2, 0) is 0 Å². The summed E-state index contributed by atoms with van der Waals surface area (Å²) in [5.41, 5.74) is 12.6. The van der Waals surface area contributed by atoms with Gasteiger partial charge in [0.05, 0.1) is 23.1 Å². The summed E-state index contributed by atoms with van der Waals surface area (Å²) >= 11 is 0. The number of halogens is 1. The van der Waals surface area contributed by atoms with E-state index in [-0.39, 0.29) is 11.5 Å². The maximum Gasteiger partial charge on any atom is 0.214 e. The minimum Gasteiger partial charge on any atom is -0.454 e. The normalized spacial score (nSPS) is 13.2. The fraction of sp³-hybridized carbons (Fsp3) is 0.200. The average molecular weight is 510 g/mol. The van der Waals surface area contributed by atoms with Crippen molar-refractivity contribution < 1.29 is 13.9 Å². The molecule has 0 saturated heterocycles. The Morgan fingerprint density at radius 3 is 2.66 bits per heavy atom. The largest absolute Gasteiger partial charge is 0.454 e. The van der Waals surface area contributed by atoms with E-state index in [4.69, 9.17) is 10.5 Å². The molecule has 2 heterocycles. The number of hydrogen-bond donors (Lipinski definition) is 3. The second-order valence-electron chi connectivity index (χ2n) is 9.80. The molecule has 5 aromatic rings. The van der Waals surface area contributed by atoms with Crippen LogP contribution in [0, 0.1) is 19.7 Å². The first kappa shape index (κ1) is 23.8. The molecule has 1 fully saturated rings. The van der Waals surface area contributed by atoms with Crippen molar-refractivity contribution in [1.82, 2.24) is 14.8 Å². The van der Waals surface area contributed by atoms with Crippen molar-refractivity contribution in [2.45, 2.75) is 32.6 Å². The molecule has 0 unspecified atom stereocenters. The Labute approximate surface area is 219 Å². The standard InChI is InChI=1S/C30H28FN5O2/c1-16-12-19(38-27-7-5-4-6-23(27)31)10-11-26(16)36-30(33-3)22(15-34-36)29(37)28-17(2)20-13-21(18-8-9-18)24(32)14-25(20)35-28/h4-7,10-15,18,33,35H,8-9,32H2,1-3H3. The zero-order chi connectivity index (χ0) is 26.6. The molecule has 0 amide bonds. The van der Waals surface area contributed by atoms with Crippen molar-refractivity contribution in [3.63, 3.8) is 0 Å². The van der Waals surface area contributed by atoms with Crippen LogP contribution in [0.1, 0.15) is 51.5 Å². The third kappa shape index (κ3) is 3.98. The summed E-state index contributed by atoms with van der Waals surface area (Å²) in [5, 5.41) is 8.69. The van der Waals surface area contributed by atoms with Crippen LogP contribution in [0.3, 0.4) is 0 Å². The Morgan fingerprint density at radius 2 is 1.95 bits per heavy atom. The van der Waals surface area contributed by atoms with Gasteiger partial charge in [-0.2, -0.15) is 5.10 Å². The van der Waals surface area contributed by atoms with Gasteiger partial charge >= 0.3 is 0 Å². The van der Waals surface area contributed by atoms with Crippen LogP contribution in [0.25, 0.3) is 16.6 Å². The lowest BCUT2D eigenvalue weighted by Gasteiger charge is -2.13. The van der Waals surface area contributed by atoms with Gasteiger partial charge < -0.3 is 20.8 Å². The molecule has 1 aliphatic carbocycles. The van der Waals surface area contributed by atoms with E-state index in [2.05, 4.69) is 21.5 Å². The minimum absolute atomic E-state index is 0.155. The Balaban J connectivity index is 1.34. The maximum absolute atomic E-state index is 14.0. The molecule has 0 radical (unpaired) electrons. The molecule has 1 saturated carbocycles. The molecule has 192 valence electrons. The number of aryl methyl sites for hydroxylation is 2. The fourth-order valence-electron chi connectivity index (χ4n) is 5.04. The molecular formula is C30H28FN5O2. The number of nitrogens with zero attached hydrogens (tertiary/aromatic N) is 2. The SMILES string of the molecule is CNc1c(C(=O)c2[nH]c3cc(N)c(C4CC4)cc3c2C)cnn1-c1ccc(Oc2ccccc2F)cc1C. The number of ketones is 1. The Kier molecular flexibility index (Phi) is 5.67. The van der Waals surface area contributed by atoms with Crippen molar-refractivity contribution in [1.29, 1.82) is 0 Å². The summed E-state index contributed by atoms with van der Waals surface area (Å²) in [4.78, 5) is 17.0. The number of rotatable bonds is 7. The third-order valence-corrected chi connectivity index (χ3v) is 7.22. The number of fused-ring (bicyclic) bond motifs is 1. The average Bonchev–Trinajstić information content (AvgIpc) is 3.58. The van der Waals surface area contributed by atoms with Gasteiger partial charge in [-0.25, -0.2) is 9.07 Å². The maximum atomic E-state index is 14.0. The quantitative estimate of drug-likeness (QED) is 0.169. The van der Waals surface area contributed by atoms with Crippen LogP contribution in [0.15, 0.2) is 60.8 Å². The van der Waals surface area contributed by atoms with Gasteiger partial charge in [0.2, 0.25) is 5.78 Å². The highest BCUT2D eigenvalue weighted by atomic mass is 19.1. The first-order chi connectivity index (χ1) is 18.4. The molecule has 0 spiro atoms. The van der Waals surface area contributed by atoms with Gasteiger partial charge in [-0.15, -0.1) is 0 Å². The lowest BCUT2D eigenvalue weighted by atomic mass is 10.0. The highest BCUT2D eigenvalue weighted by molar-refractivity contribution is 6.14. The minimum atomic E-state index is -0.430. The molecule has 38 heavy (non-hydrogen) atoms. The Bertz CT molecular complexity index is 1710. The molecule has 0 atom stereocenters. The number of aromatic nitrogens is 3. The van der Waals surface area contributed by atoms with E-state index in [1.54, 1.807) is 42.2 Å². The number of aromatic amines is 1. The number of benzene rings is 3. The van der Waals surface area contributed by atoms with E-state index in [0.29, 0.717) is 28.7 Å². The molecule has 6 rings (SSSR count). The number of H-pyrrole nitrogens is 1. The number of nitrogens with one attached hydrogen (secondary N) is 2. The number of nitrogen functional groups attached to an aromatic ring is 1. The number of carbonyl (C=O) groups is 1. The van der Waals surface area contributed by atoms with Crippen molar-refractivity contribution in [2.75, 3.05) is 18.1 Å². The van der Waals surface area contributed by atoms with Gasteiger partial charge in [-0.05, 0) is 91.8 Å². The van der Waals surface area contributed by atoms with E-state index >= 15 is 0 Å². The van der Waals surface area contributed by atoms with Crippen LogP contribution in [0.4, 0.5) is 15.9 Å². The Morgan fingerprint density at radius 1 is 1.16 bits per heavy atom. The highest BCUT2D eigenvalue weighted by Crippen LogP contribution is 2.44. The number of para-hydroxylation sites is 1. The highest BCUT2D eigenvalue weighted by Gasteiger charge is 2.28. The van der Waals surface area contributed by atoms with Gasteiger partial charge in [0.25, 0.3) is 0 Å². The fourth-order valence-corrected chi connectivity index (χ4v) is 5.04. The predicted molar refractivity (Wildman–Crippen MR) is 147 cm³/mol. The van der Waals surface area contributed by atoms with E-state index in [1.165, 1.54) is 11.6 Å². The van der Waals surface area contributed by atoms with Gasteiger partial charge in [-0.1, -0.05) is 12.1 Å². The summed E-state index contributed by atoms with van der Waals surface area (Å²) in [7, 11) is 1.76. The number of carbonyl (C=O) groups excluding carboxylic acids is 1. The second kappa shape index (κ2) is 9.06. The molecule has 3 aromatic carbocycles. The molecular weight excluding hydrogens is 481 g/mol. The zero-order valence-corrected chi connectivity index (χ0v) is 21.4. The van der Waals surface area contributed by atoms with Crippen molar-refractivity contribution in [3.8, 4) is 17.2 Å². The molecule has 0 bridgehead atoms. The third-order valence-electron chi connectivity index (χ3n) is 7.22. The topological polar surface area (TPSA) is 98.0 Å². The molecule has 0 aliphatic heterocycles. The second-order valence-corrected chi connectivity index (χ2v) is 9.80. The predicted octanol–water partition coefficient (Wildman–Crippen LogP) is 6.63. The zero-order valence-electron chi connectivity index (χ0n) is 21.4. The first-order valence-electron chi connectivity index (χ1n) is 12.6. The summed E-state index contributed by atoms with van der Waals surface area (Å²) in [5.74, 6) is 1.16. The first-order valence-corrected chi connectivity index (χ1v) is 12.6. The molecule has 1 aliphatic rings. The number of nitrogens with two attached hydrogens (primary N) is 1. The summed E-state index contributed by atoms with van der Waals surface area (Å²) in [6.07, 6.45) is 3.89. The van der Waals surface area contributed by atoms with Gasteiger partial charge in [0.15, 0.2) is 11.6 Å². The molecule has 8 heteroatoms. The van der Waals surface area contributed by atoms with E-state index in [0.717, 1.165) is 46.2 Å². The van der Waals surface area contributed by atoms with Crippen LogP contribution in [0.2, 0.25) is 0 Å². The van der Waals surface area contributed by atoms with Gasteiger partial charge in [0, 0.05) is 23.6 Å². The monoisotopic (exact) mass is 509 g/mol. The van der Waals surface area contributed by atoms with Crippen molar-refractivity contribution in [3.05, 3.63) is 94.6 Å². The van der Waals surface area contributed by atoms with Crippen LogP contribution in [-0.4, -0.2) is 27.6 Å².